The topological polar surface area (TPSA) is 58.3 Å². The molecular weight excluding hydrogens is 92.1 g/mol. The monoisotopic (exact) mass is 104 g/mol. The van der Waals surface area contributed by atoms with E-state index in [1.165, 1.54) is 0 Å². The molecule has 0 saturated carbocycles. The van der Waals surface area contributed by atoms with E-state index < -0.39 is 0 Å². The number of hydroxylamine groups is 1. The molecule has 44 valence electrons. The van der Waals surface area contributed by atoms with E-state index in [2.05, 4.69) is 5.48 Å². The second-order valence-electron chi connectivity index (χ2n) is 2.20. The van der Waals surface area contributed by atoms with Crippen LogP contribution in [0.5, 0.6) is 0 Å². The quantitative estimate of drug-likeness (QED) is 0.422. The van der Waals surface area contributed by atoms with Crippen LogP contribution >= 0.6 is 0 Å². The zero-order valence-electron chi connectivity index (χ0n) is 4.73. The highest BCUT2D eigenvalue weighted by atomic mass is 16.5. The lowest BCUT2D eigenvalue weighted by atomic mass is 10.1. The molecule has 0 amide bonds. The Bertz CT molecular complexity index is 47.7. The second kappa shape index (κ2) is 2.26. The molecule has 0 saturated heterocycles. The van der Waals surface area contributed by atoms with Crippen LogP contribution in [0.3, 0.4) is 0 Å². The SMILES string of the molecule is CC(C)(CN)NO. The van der Waals surface area contributed by atoms with Crippen molar-refractivity contribution in [2.24, 2.45) is 5.73 Å². The Balaban J connectivity index is 3.36. The van der Waals surface area contributed by atoms with Crippen molar-refractivity contribution in [2.45, 2.75) is 19.4 Å². The van der Waals surface area contributed by atoms with E-state index in [4.69, 9.17) is 10.9 Å². The van der Waals surface area contributed by atoms with Crippen LogP contribution < -0.4 is 11.2 Å². The Morgan fingerprint density at radius 1 is 1.71 bits per heavy atom. The highest BCUT2D eigenvalue weighted by Crippen LogP contribution is 1.93. The third-order valence-electron chi connectivity index (χ3n) is 0.813. The first-order valence-electron chi connectivity index (χ1n) is 2.24. The fraction of sp³-hybridized carbons (Fsp3) is 1.00. The fourth-order valence-corrected chi connectivity index (χ4v) is 0.0456. The summed E-state index contributed by atoms with van der Waals surface area (Å²) < 4.78 is 0. The van der Waals surface area contributed by atoms with Gasteiger partial charge in [0.25, 0.3) is 0 Å². The lowest BCUT2D eigenvalue weighted by Crippen LogP contribution is -2.43. The number of rotatable bonds is 2. The van der Waals surface area contributed by atoms with Crippen LogP contribution in [0.1, 0.15) is 13.8 Å². The molecule has 0 heterocycles. The minimum atomic E-state index is -0.333. The molecule has 0 aromatic carbocycles. The van der Waals surface area contributed by atoms with E-state index in [1.807, 2.05) is 13.8 Å². The molecular formula is C4H12N2O. The molecule has 0 aliphatic heterocycles. The van der Waals surface area contributed by atoms with Crippen molar-refractivity contribution >= 4 is 0 Å². The zero-order valence-corrected chi connectivity index (χ0v) is 4.73. The van der Waals surface area contributed by atoms with Gasteiger partial charge in [0.2, 0.25) is 0 Å². The molecule has 0 atom stereocenters. The maximum atomic E-state index is 8.26. The van der Waals surface area contributed by atoms with Gasteiger partial charge in [-0.25, -0.2) is 0 Å². The summed E-state index contributed by atoms with van der Waals surface area (Å²) in [4.78, 5) is 0. The van der Waals surface area contributed by atoms with Crippen molar-refractivity contribution in [3.63, 3.8) is 0 Å². The highest BCUT2D eigenvalue weighted by Gasteiger charge is 2.11. The van der Waals surface area contributed by atoms with Gasteiger partial charge in [0, 0.05) is 12.1 Å². The zero-order chi connectivity index (χ0) is 5.91. The first-order chi connectivity index (χ1) is 3.12. The summed E-state index contributed by atoms with van der Waals surface area (Å²) in [5, 5.41) is 8.26. The molecule has 0 rings (SSSR count). The summed E-state index contributed by atoms with van der Waals surface area (Å²) in [6.07, 6.45) is 0. The van der Waals surface area contributed by atoms with Crippen molar-refractivity contribution in [2.75, 3.05) is 6.54 Å². The van der Waals surface area contributed by atoms with Crippen LogP contribution in [0.4, 0.5) is 0 Å². The van der Waals surface area contributed by atoms with Crippen LogP contribution in [0.2, 0.25) is 0 Å². The lowest BCUT2D eigenvalue weighted by Gasteiger charge is -2.18. The van der Waals surface area contributed by atoms with Gasteiger partial charge >= 0.3 is 0 Å². The standard InChI is InChI=1S/C4H12N2O/c1-4(2,3-5)6-7/h6-7H,3,5H2,1-2H3. The maximum Gasteiger partial charge on any atom is 0.0495 e. The van der Waals surface area contributed by atoms with E-state index in [-0.39, 0.29) is 5.54 Å². The van der Waals surface area contributed by atoms with Crippen molar-refractivity contribution in [3.8, 4) is 0 Å². The average Bonchev–Trinajstić information content (AvgIpc) is 1.68. The van der Waals surface area contributed by atoms with Crippen LogP contribution in [-0.4, -0.2) is 17.3 Å². The van der Waals surface area contributed by atoms with Crippen molar-refractivity contribution in [3.05, 3.63) is 0 Å². The number of nitrogens with one attached hydrogen (secondary N) is 1. The number of hydrogen-bond acceptors (Lipinski definition) is 3. The molecule has 0 fully saturated rings. The summed E-state index contributed by atoms with van der Waals surface area (Å²) in [5.41, 5.74) is 6.93. The summed E-state index contributed by atoms with van der Waals surface area (Å²) >= 11 is 0. The van der Waals surface area contributed by atoms with Gasteiger partial charge in [0.1, 0.15) is 0 Å². The molecule has 0 unspecified atom stereocenters. The Labute approximate surface area is 43.5 Å². The van der Waals surface area contributed by atoms with Crippen LogP contribution in [0, 0.1) is 0 Å². The Hall–Kier alpha value is -0.120. The maximum absolute atomic E-state index is 8.26. The number of hydrogen-bond donors (Lipinski definition) is 3. The molecule has 0 aliphatic rings. The molecule has 3 nitrogen and oxygen atoms in total. The van der Waals surface area contributed by atoms with Crippen molar-refractivity contribution in [1.29, 1.82) is 0 Å². The van der Waals surface area contributed by atoms with Gasteiger partial charge < -0.3 is 10.9 Å². The smallest absolute Gasteiger partial charge is 0.0495 e. The largest absolute Gasteiger partial charge is 0.329 e. The normalized spacial score (nSPS) is 12.0. The molecule has 3 heteroatoms. The van der Waals surface area contributed by atoms with Gasteiger partial charge in [-0.2, -0.15) is 5.48 Å². The third kappa shape index (κ3) is 2.56. The molecule has 4 N–H and O–H groups in total. The summed E-state index contributed by atoms with van der Waals surface area (Å²) in [5.74, 6) is 0. The van der Waals surface area contributed by atoms with E-state index >= 15 is 0 Å². The number of nitrogens with two attached hydrogens (primary N) is 1. The van der Waals surface area contributed by atoms with E-state index in [1.54, 1.807) is 0 Å². The Kier molecular flexibility index (Phi) is 2.22. The molecule has 0 aromatic heterocycles. The average molecular weight is 104 g/mol. The van der Waals surface area contributed by atoms with E-state index in [9.17, 15) is 0 Å². The minimum absolute atomic E-state index is 0.333. The molecule has 0 aromatic rings. The molecule has 0 bridgehead atoms. The molecule has 0 radical (unpaired) electrons. The predicted molar refractivity (Wildman–Crippen MR) is 28.1 cm³/mol. The van der Waals surface area contributed by atoms with Crippen LogP contribution in [-0.2, 0) is 0 Å². The van der Waals surface area contributed by atoms with E-state index in [0.717, 1.165) is 0 Å². The van der Waals surface area contributed by atoms with Gasteiger partial charge in [-0.3, -0.25) is 0 Å². The Morgan fingerprint density at radius 2 is 2.14 bits per heavy atom. The van der Waals surface area contributed by atoms with Gasteiger partial charge in [-0.1, -0.05) is 0 Å². The van der Waals surface area contributed by atoms with Gasteiger partial charge in [-0.05, 0) is 13.8 Å². The predicted octanol–water partition coefficient (Wildman–Crippen LogP) is -0.298. The van der Waals surface area contributed by atoms with Gasteiger partial charge in [-0.15, -0.1) is 0 Å². The van der Waals surface area contributed by atoms with Gasteiger partial charge in [0.15, 0.2) is 0 Å². The van der Waals surface area contributed by atoms with Gasteiger partial charge in [0.05, 0.1) is 0 Å². The Morgan fingerprint density at radius 3 is 2.14 bits per heavy atom. The molecule has 7 heavy (non-hydrogen) atoms. The summed E-state index contributed by atoms with van der Waals surface area (Å²) in [7, 11) is 0. The second-order valence-corrected chi connectivity index (χ2v) is 2.20. The minimum Gasteiger partial charge on any atom is -0.329 e. The third-order valence-corrected chi connectivity index (χ3v) is 0.813. The van der Waals surface area contributed by atoms with Crippen LogP contribution in [0.15, 0.2) is 0 Å². The summed E-state index contributed by atoms with van der Waals surface area (Å²) in [6.45, 7) is 4.06. The first kappa shape index (κ1) is 6.88. The van der Waals surface area contributed by atoms with E-state index in [0.29, 0.717) is 6.54 Å². The van der Waals surface area contributed by atoms with Crippen LogP contribution in [0.25, 0.3) is 0 Å². The highest BCUT2D eigenvalue weighted by molar-refractivity contribution is 4.72. The van der Waals surface area contributed by atoms with Crippen molar-refractivity contribution < 1.29 is 5.21 Å². The fourth-order valence-electron chi connectivity index (χ4n) is 0.0456. The summed E-state index contributed by atoms with van der Waals surface area (Å²) in [6, 6.07) is 0. The lowest BCUT2D eigenvalue weighted by molar-refractivity contribution is 0.0862. The molecule has 0 aliphatic carbocycles. The molecule has 0 spiro atoms. The first-order valence-corrected chi connectivity index (χ1v) is 2.24. The van der Waals surface area contributed by atoms with Crippen molar-refractivity contribution in [1.82, 2.24) is 5.48 Å².